The molecule has 25 heavy (non-hydrogen) atoms. The van der Waals surface area contributed by atoms with Gasteiger partial charge < -0.3 is 20.1 Å². The van der Waals surface area contributed by atoms with Gasteiger partial charge in [-0.15, -0.1) is 24.8 Å². The number of rotatable bonds is 4. The van der Waals surface area contributed by atoms with Crippen molar-refractivity contribution >= 4 is 36.4 Å². The first-order chi connectivity index (χ1) is 11.2. The van der Waals surface area contributed by atoms with E-state index in [1.807, 2.05) is 37.3 Å². The number of aromatic nitrogens is 1. The Kier molecular flexibility index (Phi) is 8.65. The highest BCUT2D eigenvalue weighted by molar-refractivity contribution is 5.95. The van der Waals surface area contributed by atoms with E-state index in [2.05, 4.69) is 15.6 Å². The SMILES string of the molecule is C[C@H]1OCCN[C@@H]1C(=O)Nc1ccc(Oc2ccccc2)nc1.Cl.Cl. The van der Waals surface area contributed by atoms with Crippen molar-refractivity contribution in [1.82, 2.24) is 10.3 Å². The van der Waals surface area contributed by atoms with E-state index in [1.54, 1.807) is 18.3 Å². The molecule has 1 fully saturated rings. The van der Waals surface area contributed by atoms with Gasteiger partial charge in [0.1, 0.15) is 11.8 Å². The van der Waals surface area contributed by atoms with Crippen LogP contribution >= 0.6 is 24.8 Å². The van der Waals surface area contributed by atoms with Crippen LogP contribution in [0, 0.1) is 0 Å². The predicted molar refractivity (Wildman–Crippen MR) is 101 cm³/mol. The fourth-order valence-electron chi connectivity index (χ4n) is 2.37. The number of halogens is 2. The highest BCUT2D eigenvalue weighted by Gasteiger charge is 2.28. The van der Waals surface area contributed by atoms with Crippen molar-refractivity contribution < 1.29 is 14.3 Å². The van der Waals surface area contributed by atoms with E-state index < -0.39 is 0 Å². The number of carbonyl (C=O) groups is 1. The number of hydrogen-bond acceptors (Lipinski definition) is 5. The van der Waals surface area contributed by atoms with E-state index in [9.17, 15) is 4.79 Å². The summed E-state index contributed by atoms with van der Waals surface area (Å²) in [6.07, 6.45) is 1.42. The number of nitrogens with one attached hydrogen (secondary N) is 2. The first-order valence-corrected chi connectivity index (χ1v) is 7.57. The molecule has 1 saturated heterocycles. The molecule has 0 spiro atoms. The number of morpholine rings is 1. The summed E-state index contributed by atoms with van der Waals surface area (Å²) in [4.78, 5) is 16.4. The molecular formula is C17H21Cl2N3O3. The summed E-state index contributed by atoms with van der Waals surface area (Å²) < 4.78 is 11.1. The summed E-state index contributed by atoms with van der Waals surface area (Å²) in [5.74, 6) is 1.06. The molecule has 1 aliphatic heterocycles. The average molecular weight is 386 g/mol. The second kappa shape index (κ2) is 10.2. The van der Waals surface area contributed by atoms with Gasteiger partial charge in [0.15, 0.2) is 0 Å². The third kappa shape index (κ3) is 5.86. The van der Waals surface area contributed by atoms with E-state index in [4.69, 9.17) is 9.47 Å². The highest BCUT2D eigenvalue weighted by Crippen LogP contribution is 2.20. The lowest BCUT2D eigenvalue weighted by Crippen LogP contribution is -2.53. The van der Waals surface area contributed by atoms with Gasteiger partial charge in [0.2, 0.25) is 11.8 Å². The minimum atomic E-state index is -0.357. The lowest BCUT2D eigenvalue weighted by atomic mass is 10.1. The van der Waals surface area contributed by atoms with Gasteiger partial charge in [0.25, 0.3) is 0 Å². The molecule has 1 aliphatic rings. The molecule has 2 heterocycles. The summed E-state index contributed by atoms with van der Waals surface area (Å²) in [5.41, 5.74) is 0.620. The monoisotopic (exact) mass is 385 g/mol. The minimum Gasteiger partial charge on any atom is -0.439 e. The van der Waals surface area contributed by atoms with Gasteiger partial charge in [-0.1, -0.05) is 18.2 Å². The van der Waals surface area contributed by atoms with Gasteiger partial charge >= 0.3 is 0 Å². The van der Waals surface area contributed by atoms with Gasteiger partial charge in [0.05, 0.1) is 24.6 Å². The van der Waals surface area contributed by atoms with Crippen LogP contribution in [0.15, 0.2) is 48.7 Å². The summed E-state index contributed by atoms with van der Waals surface area (Å²) in [6, 6.07) is 12.5. The number of anilines is 1. The fraction of sp³-hybridized carbons (Fsp3) is 0.294. The number of para-hydroxylation sites is 1. The van der Waals surface area contributed by atoms with Gasteiger partial charge in [-0.3, -0.25) is 4.79 Å². The van der Waals surface area contributed by atoms with Crippen molar-refractivity contribution in [2.24, 2.45) is 0 Å². The number of amides is 1. The topological polar surface area (TPSA) is 72.5 Å². The van der Waals surface area contributed by atoms with Gasteiger partial charge in [-0.25, -0.2) is 4.98 Å². The van der Waals surface area contributed by atoms with E-state index >= 15 is 0 Å². The molecular weight excluding hydrogens is 365 g/mol. The molecule has 0 saturated carbocycles. The van der Waals surface area contributed by atoms with Crippen molar-refractivity contribution in [3.8, 4) is 11.6 Å². The van der Waals surface area contributed by atoms with Gasteiger partial charge in [-0.2, -0.15) is 0 Å². The highest BCUT2D eigenvalue weighted by atomic mass is 35.5. The molecule has 1 aromatic heterocycles. The third-order valence-electron chi connectivity index (χ3n) is 3.57. The molecule has 2 atom stereocenters. The Morgan fingerprint density at radius 2 is 2.00 bits per heavy atom. The molecule has 0 unspecified atom stereocenters. The second-order valence-electron chi connectivity index (χ2n) is 5.30. The molecule has 6 nitrogen and oxygen atoms in total. The zero-order valence-electron chi connectivity index (χ0n) is 13.7. The van der Waals surface area contributed by atoms with Gasteiger partial charge in [-0.05, 0) is 25.1 Å². The van der Waals surface area contributed by atoms with Crippen molar-refractivity contribution in [3.05, 3.63) is 48.7 Å². The molecule has 136 valence electrons. The Hall–Kier alpha value is -1.86. The normalized spacial score (nSPS) is 19.1. The fourth-order valence-corrected chi connectivity index (χ4v) is 2.37. The first kappa shape index (κ1) is 21.2. The molecule has 8 heteroatoms. The van der Waals surface area contributed by atoms with Crippen LogP contribution in [0.4, 0.5) is 5.69 Å². The third-order valence-corrected chi connectivity index (χ3v) is 3.57. The summed E-state index contributed by atoms with van der Waals surface area (Å²) in [5, 5.41) is 5.98. The van der Waals surface area contributed by atoms with Crippen LogP contribution in [0.3, 0.4) is 0 Å². The first-order valence-electron chi connectivity index (χ1n) is 7.57. The van der Waals surface area contributed by atoms with Crippen molar-refractivity contribution in [2.75, 3.05) is 18.5 Å². The number of carbonyl (C=O) groups excluding carboxylic acids is 1. The Labute approximate surface area is 159 Å². The Morgan fingerprint density at radius 1 is 1.24 bits per heavy atom. The molecule has 1 amide bonds. The van der Waals surface area contributed by atoms with Crippen LogP contribution in [0.5, 0.6) is 11.6 Å². The quantitative estimate of drug-likeness (QED) is 0.845. The Morgan fingerprint density at radius 3 is 2.64 bits per heavy atom. The summed E-state index contributed by atoms with van der Waals surface area (Å²) in [6.45, 7) is 3.17. The van der Waals surface area contributed by atoms with Crippen molar-refractivity contribution in [2.45, 2.75) is 19.1 Å². The number of hydrogen-bond donors (Lipinski definition) is 2. The maximum atomic E-state index is 12.2. The zero-order chi connectivity index (χ0) is 16.1. The molecule has 0 radical (unpaired) electrons. The van der Waals surface area contributed by atoms with E-state index in [1.165, 1.54) is 0 Å². The predicted octanol–water partition coefficient (Wildman–Crippen LogP) is 3.03. The number of benzene rings is 1. The number of nitrogens with zero attached hydrogens (tertiary/aromatic N) is 1. The molecule has 0 bridgehead atoms. The van der Waals surface area contributed by atoms with Crippen LogP contribution in [-0.2, 0) is 9.53 Å². The molecule has 2 N–H and O–H groups in total. The maximum absolute atomic E-state index is 12.2. The minimum absolute atomic E-state index is 0. The van der Waals surface area contributed by atoms with Crippen LogP contribution in [0.25, 0.3) is 0 Å². The number of ether oxygens (including phenoxy) is 2. The largest absolute Gasteiger partial charge is 0.439 e. The van der Waals surface area contributed by atoms with Crippen molar-refractivity contribution in [1.29, 1.82) is 0 Å². The van der Waals surface area contributed by atoms with Crippen LogP contribution in [0.1, 0.15) is 6.92 Å². The van der Waals surface area contributed by atoms with Crippen LogP contribution in [0.2, 0.25) is 0 Å². The molecule has 0 aliphatic carbocycles. The van der Waals surface area contributed by atoms with E-state index in [0.29, 0.717) is 30.5 Å². The van der Waals surface area contributed by atoms with Gasteiger partial charge in [0, 0.05) is 12.6 Å². The summed E-state index contributed by atoms with van der Waals surface area (Å²) >= 11 is 0. The Bertz CT molecular complexity index is 656. The van der Waals surface area contributed by atoms with E-state index in [-0.39, 0.29) is 42.9 Å². The molecule has 2 aromatic rings. The molecule has 3 rings (SSSR count). The maximum Gasteiger partial charge on any atom is 0.244 e. The standard InChI is InChI=1S/C17H19N3O3.2ClH/c1-12-16(18-9-10-22-12)17(21)20-13-7-8-15(19-11-13)23-14-5-3-2-4-6-14;;/h2-8,11-12,16,18H,9-10H2,1H3,(H,20,21);2*1H/t12-,16+;;/m1../s1. The second-order valence-corrected chi connectivity index (χ2v) is 5.30. The summed E-state index contributed by atoms with van der Waals surface area (Å²) in [7, 11) is 0. The van der Waals surface area contributed by atoms with Crippen molar-refractivity contribution in [3.63, 3.8) is 0 Å². The lowest BCUT2D eigenvalue weighted by molar-refractivity contribution is -0.123. The Balaban J connectivity index is 0.00000156. The smallest absolute Gasteiger partial charge is 0.244 e. The van der Waals surface area contributed by atoms with E-state index in [0.717, 1.165) is 0 Å². The lowest BCUT2D eigenvalue weighted by Gasteiger charge is -2.29. The average Bonchev–Trinajstić information content (AvgIpc) is 2.58. The number of pyridine rings is 1. The molecule has 1 aromatic carbocycles. The van der Waals surface area contributed by atoms with Crippen LogP contribution in [-0.4, -0.2) is 36.2 Å². The van der Waals surface area contributed by atoms with Crippen LogP contribution < -0.4 is 15.4 Å². The zero-order valence-corrected chi connectivity index (χ0v) is 15.3.